The van der Waals surface area contributed by atoms with E-state index in [0.717, 1.165) is 12.3 Å². The van der Waals surface area contributed by atoms with Crippen molar-refractivity contribution >= 4 is 0 Å². The Kier molecular flexibility index (Phi) is 3.53. The molecule has 2 nitrogen and oxygen atoms in total. The maximum atomic E-state index is 8.98. The van der Waals surface area contributed by atoms with Gasteiger partial charge in [-0.05, 0) is 30.6 Å². The molecule has 0 amide bonds. The van der Waals surface area contributed by atoms with E-state index in [-0.39, 0.29) is 0 Å². The molecule has 0 bridgehead atoms. The zero-order chi connectivity index (χ0) is 9.14. The molecule has 3 atom stereocenters. The lowest BCUT2D eigenvalue weighted by molar-refractivity contribution is 0.0463. The summed E-state index contributed by atoms with van der Waals surface area (Å²) in [4.78, 5) is 0. The summed E-state index contributed by atoms with van der Waals surface area (Å²) in [6, 6.07) is 0.328. The van der Waals surface area contributed by atoms with Gasteiger partial charge in [0.25, 0.3) is 0 Å². The zero-order valence-electron chi connectivity index (χ0n) is 8.38. The molecule has 1 saturated carbocycles. The van der Waals surface area contributed by atoms with Crippen molar-refractivity contribution in [2.24, 2.45) is 17.8 Å². The van der Waals surface area contributed by atoms with Crippen LogP contribution in [0.4, 0.5) is 0 Å². The van der Waals surface area contributed by atoms with Crippen molar-refractivity contribution in [3.8, 4) is 0 Å². The molecule has 0 saturated heterocycles. The predicted octanol–water partition coefficient (Wildman–Crippen LogP) is 2.43. The Bertz CT molecular complexity index is 136. The number of hydrogen-bond acceptors (Lipinski definition) is 2. The molecular formula is C10H21NO. The van der Waals surface area contributed by atoms with Crippen LogP contribution in [-0.4, -0.2) is 11.2 Å². The lowest BCUT2D eigenvalue weighted by Gasteiger charge is -2.36. The van der Waals surface area contributed by atoms with Gasteiger partial charge in [-0.1, -0.05) is 27.2 Å². The molecule has 1 aliphatic carbocycles. The van der Waals surface area contributed by atoms with Crippen LogP contribution in [0.15, 0.2) is 0 Å². The first-order chi connectivity index (χ1) is 5.65. The molecular weight excluding hydrogens is 150 g/mol. The maximum Gasteiger partial charge on any atom is 0.0352 e. The quantitative estimate of drug-likeness (QED) is 0.625. The first-order valence-corrected chi connectivity index (χ1v) is 5.04. The van der Waals surface area contributed by atoms with Crippen molar-refractivity contribution in [3.05, 3.63) is 0 Å². The minimum absolute atomic E-state index is 0.328. The molecule has 72 valence electrons. The molecule has 1 aliphatic rings. The summed E-state index contributed by atoms with van der Waals surface area (Å²) in [6.45, 7) is 6.75. The molecule has 1 fully saturated rings. The molecule has 0 aromatic heterocycles. The average Bonchev–Trinajstić information content (AvgIpc) is 2.03. The van der Waals surface area contributed by atoms with Gasteiger partial charge >= 0.3 is 0 Å². The van der Waals surface area contributed by atoms with Gasteiger partial charge < -0.3 is 5.21 Å². The van der Waals surface area contributed by atoms with Gasteiger partial charge in [0, 0.05) is 6.04 Å². The molecule has 1 rings (SSSR count). The maximum absolute atomic E-state index is 8.98. The van der Waals surface area contributed by atoms with E-state index in [9.17, 15) is 0 Å². The van der Waals surface area contributed by atoms with Crippen molar-refractivity contribution in [3.63, 3.8) is 0 Å². The van der Waals surface area contributed by atoms with Crippen LogP contribution < -0.4 is 5.48 Å². The van der Waals surface area contributed by atoms with Crippen LogP contribution in [-0.2, 0) is 0 Å². The van der Waals surface area contributed by atoms with E-state index in [1.807, 2.05) is 0 Å². The smallest absolute Gasteiger partial charge is 0.0352 e. The third-order valence-electron chi connectivity index (χ3n) is 3.19. The van der Waals surface area contributed by atoms with Gasteiger partial charge in [-0.25, -0.2) is 5.48 Å². The fourth-order valence-corrected chi connectivity index (χ4v) is 2.35. The van der Waals surface area contributed by atoms with Gasteiger partial charge in [-0.3, -0.25) is 0 Å². The van der Waals surface area contributed by atoms with E-state index in [4.69, 9.17) is 5.21 Å². The van der Waals surface area contributed by atoms with Crippen LogP contribution in [0, 0.1) is 17.8 Å². The van der Waals surface area contributed by atoms with Crippen molar-refractivity contribution in [2.45, 2.75) is 46.1 Å². The monoisotopic (exact) mass is 171 g/mol. The van der Waals surface area contributed by atoms with Gasteiger partial charge in [0.05, 0.1) is 0 Å². The molecule has 2 heteroatoms. The summed E-state index contributed by atoms with van der Waals surface area (Å²) >= 11 is 0. The summed E-state index contributed by atoms with van der Waals surface area (Å²) in [7, 11) is 0. The Morgan fingerprint density at radius 3 is 2.50 bits per heavy atom. The van der Waals surface area contributed by atoms with Crippen LogP contribution >= 0.6 is 0 Å². The van der Waals surface area contributed by atoms with Crippen LogP contribution in [0.5, 0.6) is 0 Å². The Hall–Kier alpha value is -0.0800. The largest absolute Gasteiger partial charge is 0.317 e. The lowest BCUT2D eigenvalue weighted by Crippen LogP contribution is -2.41. The van der Waals surface area contributed by atoms with Crippen molar-refractivity contribution < 1.29 is 5.21 Å². The fourth-order valence-electron chi connectivity index (χ4n) is 2.35. The molecule has 0 aromatic carbocycles. The molecule has 0 radical (unpaired) electrons. The second kappa shape index (κ2) is 4.24. The van der Waals surface area contributed by atoms with Gasteiger partial charge in [-0.2, -0.15) is 0 Å². The standard InChI is InChI=1S/C10H21NO/c1-7(2)9-5-4-8(3)6-10(9)11-12/h7-12H,4-6H2,1-3H3/t8-,9+,10?/m1/s1. The average molecular weight is 171 g/mol. The molecule has 0 heterocycles. The van der Waals surface area contributed by atoms with Crippen LogP contribution in [0.3, 0.4) is 0 Å². The van der Waals surface area contributed by atoms with Gasteiger partial charge in [0.2, 0.25) is 0 Å². The van der Waals surface area contributed by atoms with Crippen molar-refractivity contribution in [1.82, 2.24) is 5.48 Å². The summed E-state index contributed by atoms with van der Waals surface area (Å²) in [5.41, 5.74) is 2.47. The first-order valence-electron chi connectivity index (χ1n) is 5.04. The second-order valence-electron chi connectivity index (χ2n) is 4.56. The third-order valence-corrected chi connectivity index (χ3v) is 3.19. The van der Waals surface area contributed by atoms with Crippen LogP contribution in [0.25, 0.3) is 0 Å². The normalized spacial score (nSPS) is 37.2. The molecule has 1 unspecified atom stereocenters. The highest BCUT2D eigenvalue weighted by Crippen LogP contribution is 2.32. The number of nitrogens with one attached hydrogen (secondary N) is 1. The zero-order valence-corrected chi connectivity index (χ0v) is 8.38. The summed E-state index contributed by atoms with van der Waals surface area (Å²) in [6.07, 6.45) is 3.71. The van der Waals surface area contributed by atoms with E-state index in [2.05, 4.69) is 26.3 Å². The SMILES string of the molecule is CC(C)[C@@H]1CC[C@@H](C)CC1NO. The molecule has 12 heavy (non-hydrogen) atoms. The van der Waals surface area contributed by atoms with Crippen LogP contribution in [0.2, 0.25) is 0 Å². The van der Waals surface area contributed by atoms with E-state index in [1.54, 1.807) is 0 Å². The Morgan fingerprint density at radius 1 is 1.33 bits per heavy atom. The number of rotatable bonds is 2. The summed E-state index contributed by atoms with van der Waals surface area (Å²) in [5.74, 6) is 2.11. The third kappa shape index (κ3) is 2.20. The minimum Gasteiger partial charge on any atom is -0.317 e. The van der Waals surface area contributed by atoms with E-state index in [1.165, 1.54) is 12.8 Å². The minimum atomic E-state index is 0.328. The number of hydroxylamine groups is 1. The first kappa shape index (κ1) is 10.0. The number of hydrogen-bond donors (Lipinski definition) is 2. The Balaban J connectivity index is 2.50. The molecule has 0 aromatic rings. The fraction of sp³-hybridized carbons (Fsp3) is 1.00. The van der Waals surface area contributed by atoms with Gasteiger partial charge in [0.1, 0.15) is 0 Å². The highest BCUT2D eigenvalue weighted by Gasteiger charge is 2.29. The molecule has 2 N–H and O–H groups in total. The lowest BCUT2D eigenvalue weighted by atomic mass is 9.74. The van der Waals surface area contributed by atoms with Crippen molar-refractivity contribution in [1.29, 1.82) is 0 Å². The second-order valence-corrected chi connectivity index (χ2v) is 4.56. The summed E-state index contributed by atoms with van der Waals surface area (Å²) < 4.78 is 0. The topological polar surface area (TPSA) is 32.3 Å². The Morgan fingerprint density at radius 2 is 2.00 bits per heavy atom. The van der Waals surface area contributed by atoms with E-state index < -0.39 is 0 Å². The summed E-state index contributed by atoms with van der Waals surface area (Å²) in [5, 5.41) is 8.98. The van der Waals surface area contributed by atoms with Gasteiger partial charge in [0.15, 0.2) is 0 Å². The predicted molar refractivity (Wildman–Crippen MR) is 50.1 cm³/mol. The highest BCUT2D eigenvalue weighted by atomic mass is 16.5. The van der Waals surface area contributed by atoms with Crippen molar-refractivity contribution in [2.75, 3.05) is 0 Å². The van der Waals surface area contributed by atoms with Gasteiger partial charge in [-0.15, -0.1) is 0 Å². The van der Waals surface area contributed by atoms with E-state index >= 15 is 0 Å². The Labute approximate surface area is 75.3 Å². The molecule has 0 aliphatic heterocycles. The van der Waals surface area contributed by atoms with E-state index in [0.29, 0.717) is 17.9 Å². The molecule has 0 spiro atoms. The van der Waals surface area contributed by atoms with Crippen LogP contribution in [0.1, 0.15) is 40.0 Å². The highest BCUT2D eigenvalue weighted by molar-refractivity contribution is 4.83.